The summed E-state index contributed by atoms with van der Waals surface area (Å²) in [6.07, 6.45) is 4.63. The number of anilines is 1. The van der Waals surface area contributed by atoms with Crippen molar-refractivity contribution in [2.45, 2.75) is 22.4 Å². The maximum Gasteiger partial charge on any atom is 0.228 e. The van der Waals surface area contributed by atoms with E-state index in [1.165, 1.54) is 5.56 Å². The molecular formula is C20H18BrN3OS. The molecule has 0 radical (unpaired) electrons. The van der Waals surface area contributed by atoms with E-state index in [-0.39, 0.29) is 11.8 Å². The van der Waals surface area contributed by atoms with E-state index < -0.39 is 0 Å². The molecule has 4 rings (SSSR count). The molecule has 132 valence electrons. The van der Waals surface area contributed by atoms with Crippen molar-refractivity contribution in [1.29, 1.82) is 0 Å². The predicted octanol–water partition coefficient (Wildman–Crippen LogP) is 5.08. The molecule has 0 spiro atoms. The molecule has 1 N–H and O–H groups in total. The molecular weight excluding hydrogens is 410 g/mol. The normalized spacial score (nSPS) is 18.5. The zero-order valence-corrected chi connectivity index (χ0v) is 16.6. The lowest BCUT2D eigenvalue weighted by atomic mass is 10.1. The molecule has 0 saturated heterocycles. The molecule has 1 amide bonds. The van der Waals surface area contributed by atoms with Gasteiger partial charge in [0.25, 0.3) is 0 Å². The van der Waals surface area contributed by atoms with Crippen molar-refractivity contribution in [3.63, 3.8) is 0 Å². The van der Waals surface area contributed by atoms with Crippen LogP contribution in [0.5, 0.6) is 0 Å². The smallest absolute Gasteiger partial charge is 0.228 e. The summed E-state index contributed by atoms with van der Waals surface area (Å²) in [5, 5.41) is 3.98. The van der Waals surface area contributed by atoms with Crippen molar-refractivity contribution in [2.24, 2.45) is 13.0 Å². The average molecular weight is 428 g/mol. The van der Waals surface area contributed by atoms with E-state index in [0.717, 1.165) is 26.6 Å². The zero-order valence-electron chi connectivity index (χ0n) is 14.2. The van der Waals surface area contributed by atoms with Crippen LogP contribution < -0.4 is 5.32 Å². The number of aromatic nitrogens is 2. The van der Waals surface area contributed by atoms with Gasteiger partial charge in [-0.15, -0.1) is 0 Å². The average Bonchev–Trinajstić information content (AvgIpc) is 3.35. The molecule has 2 aromatic carbocycles. The minimum Gasteiger partial charge on any atom is -0.329 e. The fraction of sp³-hybridized carbons (Fsp3) is 0.200. The molecule has 1 fully saturated rings. The van der Waals surface area contributed by atoms with Crippen LogP contribution in [0.25, 0.3) is 0 Å². The Bertz CT molecular complexity index is 921. The number of nitrogens with zero attached hydrogens (tertiary/aromatic N) is 2. The van der Waals surface area contributed by atoms with Crippen LogP contribution in [-0.2, 0) is 11.8 Å². The van der Waals surface area contributed by atoms with E-state index in [0.29, 0.717) is 5.92 Å². The number of amides is 1. The number of hydrogen-bond acceptors (Lipinski definition) is 3. The first kappa shape index (κ1) is 17.4. The maximum atomic E-state index is 12.5. The van der Waals surface area contributed by atoms with E-state index in [9.17, 15) is 4.79 Å². The Balaban J connectivity index is 1.35. The van der Waals surface area contributed by atoms with Crippen LogP contribution in [-0.4, -0.2) is 15.5 Å². The lowest BCUT2D eigenvalue weighted by Gasteiger charge is -2.07. The highest BCUT2D eigenvalue weighted by Crippen LogP contribution is 2.48. The highest BCUT2D eigenvalue weighted by atomic mass is 79.9. The Kier molecular flexibility index (Phi) is 4.87. The molecule has 1 aromatic heterocycles. The molecule has 1 aliphatic carbocycles. The summed E-state index contributed by atoms with van der Waals surface area (Å²) in [5.41, 5.74) is 2.07. The minimum absolute atomic E-state index is 0.0674. The van der Waals surface area contributed by atoms with E-state index >= 15 is 0 Å². The van der Waals surface area contributed by atoms with Crippen LogP contribution in [0.2, 0.25) is 0 Å². The van der Waals surface area contributed by atoms with E-state index in [2.05, 4.69) is 38.4 Å². The van der Waals surface area contributed by atoms with Crippen LogP contribution in [0.3, 0.4) is 0 Å². The van der Waals surface area contributed by atoms with Crippen molar-refractivity contribution >= 4 is 39.3 Å². The highest BCUT2D eigenvalue weighted by Gasteiger charge is 2.43. The van der Waals surface area contributed by atoms with Gasteiger partial charge in [-0.1, -0.05) is 39.8 Å². The van der Waals surface area contributed by atoms with Gasteiger partial charge < -0.3 is 9.88 Å². The first-order chi connectivity index (χ1) is 12.6. The number of aryl methyl sites for hydroxylation is 1. The van der Waals surface area contributed by atoms with Crippen molar-refractivity contribution in [3.05, 3.63) is 71.0 Å². The Morgan fingerprint density at radius 1 is 1.19 bits per heavy atom. The summed E-state index contributed by atoms with van der Waals surface area (Å²) in [7, 11) is 1.97. The quantitative estimate of drug-likeness (QED) is 0.617. The summed E-state index contributed by atoms with van der Waals surface area (Å²) >= 11 is 5.05. The van der Waals surface area contributed by atoms with Gasteiger partial charge in [-0.05, 0) is 54.3 Å². The monoisotopic (exact) mass is 427 g/mol. The third-order valence-corrected chi connectivity index (χ3v) is 6.15. The van der Waals surface area contributed by atoms with Crippen molar-refractivity contribution < 1.29 is 4.79 Å². The molecule has 0 bridgehead atoms. The summed E-state index contributed by atoms with van der Waals surface area (Å²) < 4.78 is 3.04. The second-order valence-electron chi connectivity index (χ2n) is 6.44. The molecule has 4 nitrogen and oxygen atoms in total. The molecule has 6 heteroatoms. The number of carbonyl (C=O) groups excluding carboxylic acids is 1. The molecule has 0 aliphatic heterocycles. The topological polar surface area (TPSA) is 46.9 Å². The Labute approximate surface area is 165 Å². The number of carbonyl (C=O) groups is 1. The summed E-state index contributed by atoms with van der Waals surface area (Å²) in [6, 6.07) is 16.1. The molecule has 1 heterocycles. The Morgan fingerprint density at radius 3 is 2.58 bits per heavy atom. The van der Waals surface area contributed by atoms with Crippen LogP contribution in [0, 0.1) is 5.92 Å². The third-order valence-electron chi connectivity index (χ3n) is 4.53. The first-order valence-electron chi connectivity index (χ1n) is 8.42. The SMILES string of the molecule is Cn1ccnc1Sc1ccc(NC(=O)C2CC2c2ccc(Br)cc2)cc1. The van der Waals surface area contributed by atoms with E-state index in [4.69, 9.17) is 0 Å². The van der Waals surface area contributed by atoms with Gasteiger partial charge in [-0.25, -0.2) is 4.98 Å². The second kappa shape index (κ2) is 7.29. The fourth-order valence-corrected chi connectivity index (χ4v) is 4.03. The largest absolute Gasteiger partial charge is 0.329 e. The van der Waals surface area contributed by atoms with Crippen LogP contribution in [0.15, 0.2) is 75.4 Å². The predicted molar refractivity (Wildman–Crippen MR) is 107 cm³/mol. The van der Waals surface area contributed by atoms with Gasteiger partial charge in [0.15, 0.2) is 5.16 Å². The Hall–Kier alpha value is -2.05. The van der Waals surface area contributed by atoms with Gasteiger partial charge in [0.2, 0.25) is 5.91 Å². The molecule has 1 aliphatic rings. The Morgan fingerprint density at radius 2 is 1.92 bits per heavy atom. The van der Waals surface area contributed by atoms with Gasteiger partial charge in [0.1, 0.15) is 0 Å². The maximum absolute atomic E-state index is 12.5. The number of rotatable bonds is 5. The number of hydrogen-bond donors (Lipinski definition) is 1. The molecule has 2 atom stereocenters. The van der Waals surface area contributed by atoms with Crippen molar-refractivity contribution in [1.82, 2.24) is 9.55 Å². The number of imidazole rings is 1. The molecule has 3 aromatic rings. The summed E-state index contributed by atoms with van der Waals surface area (Å²) in [6.45, 7) is 0. The lowest BCUT2D eigenvalue weighted by molar-refractivity contribution is -0.117. The van der Waals surface area contributed by atoms with Gasteiger partial charge in [-0.3, -0.25) is 4.79 Å². The molecule has 2 unspecified atom stereocenters. The summed E-state index contributed by atoms with van der Waals surface area (Å²) in [4.78, 5) is 17.9. The van der Waals surface area contributed by atoms with Gasteiger partial charge in [0.05, 0.1) is 0 Å². The van der Waals surface area contributed by atoms with E-state index in [1.54, 1.807) is 18.0 Å². The number of benzene rings is 2. The molecule has 26 heavy (non-hydrogen) atoms. The van der Waals surface area contributed by atoms with Crippen LogP contribution in [0.4, 0.5) is 5.69 Å². The van der Waals surface area contributed by atoms with Crippen molar-refractivity contribution in [3.8, 4) is 0 Å². The van der Waals surface area contributed by atoms with Gasteiger partial charge >= 0.3 is 0 Å². The number of halogens is 1. The highest BCUT2D eigenvalue weighted by molar-refractivity contribution is 9.10. The fourth-order valence-electron chi connectivity index (χ4n) is 2.96. The number of nitrogens with one attached hydrogen (secondary N) is 1. The zero-order chi connectivity index (χ0) is 18.1. The minimum atomic E-state index is 0.0674. The van der Waals surface area contributed by atoms with Gasteiger partial charge in [0, 0.05) is 40.4 Å². The van der Waals surface area contributed by atoms with Crippen molar-refractivity contribution in [2.75, 3.05) is 5.32 Å². The second-order valence-corrected chi connectivity index (χ2v) is 8.39. The lowest BCUT2D eigenvalue weighted by Crippen LogP contribution is -2.14. The standard InChI is InChI=1S/C20H18BrN3OS/c1-24-11-10-22-20(24)26-16-8-6-15(7-9-16)23-19(25)18-12-17(18)13-2-4-14(21)5-3-13/h2-11,17-18H,12H2,1H3,(H,23,25). The van der Waals surface area contributed by atoms with Crippen LogP contribution >= 0.6 is 27.7 Å². The first-order valence-corrected chi connectivity index (χ1v) is 10.0. The van der Waals surface area contributed by atoms with Crippen LogP contribution in [0.1, 0.15) is 17.9 Å². The van der Waals surface area contributed by atoms with E-state index in [1.807, 2.05) is 54.2 Å². The van der Waals surface area contributed by atoms with Gasteiger partial charge in [-0.2, -0.15) is 0 Å². The summed E-state index contributed by atoms with van der Waals surface area (Å²) in [5.74, 6) is 0.501. The molecule has 1 saturated carbocycles. The third kappa shape index (κ3) is 3.86.